The Labute approximate surface area is 204 Å². The third-order valence-electron chi connectivity index (χ3n) is 6.68. The zero-order valence-corrected chi connectivity index (χ0v) is 19.8. The summed E-state index contributed by atoms with van der Waals surface area (Å²) in [7, 11) is 1.64. The van der Waals surface area contributed by atoms with Gasteiger partial charge in [-0.3, -0.25) is 9.59 Å². The van der Waals surface area contributed by atoms with Crippen LogP contribution in [0.25, 0.3) is 0 Å². The van der Waals surface area contributed by atoms with Gasteiger partial charge in [0.2, 0.25) is 5.91 Å². The van der Waals surface area contributed by atoms with E-state index in [9.17, 15) is 9.59 Å². The number of hydrogen-bond acceptors (Lipinski definition) is 6. The topological polar surface area (TPSA) is 89.8 Å². The van der Waals surface area contributed by atoms with Crippen molar-refractivity contribution >= 4 is 11.8 Å². The molecule has 3 heterocycles. The third kappa shape index (κ3) is 5.05. The molecule has 0 radical (unpaired) electrons. The molecule has 1 atom stereocenters. The molecule has 0 spiro atoms. The number of carbonyl (C=O) groups is 2. The van der Waals surface area contributed by atoms with Crippen LogP contribution in [0.5, 0.6) is 5.75 Å². The lowest BCUT2D eigenvalue weighted by Crippen LogP contribution is -2.50. The van der Waals surface area contributed by atoms with Crippen molar-refractivity contribution in [2.45, 2.75) is 32.1 Å². The molecule has 1 saturated heterocycles. The van der Waals surface area contributed by atoms with Gasteiger partial charge in [0.05, 0.1) is 26.0 Å². The fraction of sp³-hybridized carbons (Fsp3) is 0.385. The first-order chi connectivity index (χ1) is 17.1. The van der Waals surface area contributed by atoms with Crippen LogP contribution in [0, 0.1) is 0 Å². The van der Waals surface area contributed by atoms with Crippen molar-refractivity contribution in [3.8, 4) is 5.75 Å². The second-order valence-corrected chi connectivity index (χ2v) is 8.80. The summed E-state index contributed by atoms with van der Waals surface area (Å²) in [6.45, 7) is 2.78. The van der Waals surface area contributed by atoms with Crippen LogP contribution in [0.4, 0.5) is 0 Å². The molecule has 0 aliphatic carbocycles. The van der Waals surface area contributed by atoms with Gasteiger partial charge in [-0.25, -0.2) is 4.68 Å². The number of piperazine rings is 1. The monoisotopic (exact) mass is 475 g/mol. The van der Waals surface area contributed by atoms with Gasteiger partial charge in [0, 0.05) is 32.6 Å². The van der Waals surface area contributed by atoms with Crippen molar-refractivity contribution in [3.63, 3.8) is 0 Å². The maximum Gasteiger partial charge on any atom is 0.276 e. The summed E-state index contributed by atoms with van der Waals surface area (Å²) in [6, 6.07) is 17.7. The molecular weight excluding hydrogens is 446 g/mol. The Balaban J connectivity index is 1.16. The fourth-order valence-corrected chi connectivity index (χ4v) is 4.56. The second-order valence-electron chi connectivity index (χ2n) is 8.80. The highest BCUT2D eigenvalue weighted by atomic mass is 16.5. The van der Waals surface area contributed by atoms with Crippen molar-refractivity contribution in [3.05, 3.63) is 77.1 Å². The molecule has 0 N–H and O–H groups in total. The number of nitrogens with zero attached hydrogens (tertiary/aromatic N) is 5. The van der Waals surface area contributed by atoms with Gasteiger partial charge in [-0.05, 0) is 29.7 Å². The zero-order chi connectivity index (χ0) is 24.2. The van der Waals surface area contributed by atoms with Crippen molar-refractivity contribution in [2.24, 2.45) is 0 Å². The van der Waals surface area contributed by atoms with E-state index in [2.05, 4.69) is 10.3 Å². The van der Waals surface area contributed by atoms with Crippen molar-refractivity contribution < 1.29 is 19.1 Å². The minimum atomic E-state index is -0.163. The highest BCUT2D eigenvalue weighted by molar-refractivity contribution is 5.93. The van der Waals surface area contributed by atoms with Crippen LogP contribution in [0.1, 0.15) is 39.8 Å². The molecule has 9 nitrogen and oxygen atoms in total. The number of aromatic nitrogens is 3. The van der Waals surface area contributed by atoms with Gasteiger partial charge in [0.1, 0.15) is 11.9 Å². The summed E-state index contributed by atoms with van der Waals surface area (Å²) < 4.78 is 13.0. The van der Waals surface area contributed by atoms with Gasteiger partial charge in [-0.15, -0.1) is 5.10 Å². The predicted molar refractivity (Wildman–Crippen MR) is 128 cm³/mol. The average molecular weight is 476 g/mol. The molecule has 0 saturated carbocycles. The number of hydrogen-bond donors (Lipinski definition) is 0. The molecule has 1 fully saturated rings. The quantitative estimate of drug-likeness (QED) is 0.544. The van der Waals surface area contributed by atoms with Crippen LogP contribution >= 0.6 is 0 Å². The van der Waals surface area contributed by atoms with Crippen LogP contribution in [0.15, 0.2) is 54.6 Å². The zero-order valence-electron chi connectivity index (χ0n) is 19.8. The third-order valence-corrected chi connectivity index (χ3v) is 6.68. The number of ether oxygens (including phenoxy) is 2. The number of fused-ring (bicyclic) bond motifs is 1. The summed E-state index contributed by atoms with van der Waals surface area (Å²) in [5.41, 5.74) is 3.21. The Hall–Kier alpha value is -3.72. The van der Waals surface area contributed by atoms with Crippen LogP contribution in [-0.2, 0) is 29.1 Å². The highest BCUT2D eigenvalue weighted by Crippen LogP contribution is 2.28. The average Bonchev–Trinajstić information content (AvgIpc) is 3.35. The first-order valence-electron chi connectivity index (χ1n) is 11.9. The highest BCUT2D eigenvalue weighted by Gasteiger charge is 2.32. The largest absolute Gasteiger partial charge is 0.497 e. The fourth-order valence-electron chi connectivity index (χ4n) is 4.56. The van der Waals surface area contributed by atoms with Crippen LogP contribution in [-0.4, -0.2) is 69.9 Å². The first-order valence-corrected chi connectivity index (χ1v) is 11.9. The van der Waals surface area contributed by atoms with Crippen LogP contribution < -0.4 is 4.74 Å². The van der Waals surface area contributed by atoms with E-state index in [1.807, 2.05) is 59.5 Å². The Morgan fingerprint density at radius 2 is 1.71 bits per heavy atom. The summed E-state index contributed by atoms with van der Waals surface area (Å²) >= 11 is 0. The molecule has 5 rings (SSSR count). The van der Waals surface area contributed by atoms with Crippen molar-refractivity contribution in [1.29, 1.82) is 0 Å². The maximum atomic E-state index is 13.2. The molecule has 2 aromatic carbocycles. The van der Waals surface area contributed by atoms with Gasteiger partial charge in [-0.1, -0.05) is 47.7 Å². The lowest BCUT2D eigenvalue weighted by atomic mass is 10.1. The minimum absolute atomic E-state index is 0.125. The summed E-state index contributed by atoms with van der Waals surface area (Å²) in [5.74, 6) is 0.756. The smallest absolute Gasteiger partial charge is 0.276 e. The van der Waals surface area contributed by atoms with Gasteiger partial charge in [-0.2, -0.15) is 0 Å². The minimum Gasteiger partial charge on any atom is -0.497 e. The van der Waals surface area contributed by atoms with E-state index in [4.69, 9.17) is 9.47 Å². The number of aryl methyl sites for hydroxylation is 1. The van der Waals surface area contributed by atoms with Gasteiger partial charge in [0.15, 0.2) is 5.69 Å². The number of rotatable bonds is 6. The van der Waals surface area contributed by atoms with Crippen molar-refractivity contribution in [2.75, 3.05) is 33.3 Å². The van der Waals surface area contributed by atoms with E-state index in [-0.39, 0.29) is 24.5 Å². The summed E-state index contributed by atoms with van der Waals surface area (Å²) in [6.07, 6.45) is 1.04. The van der Waals surface area contributed by atoms with E-state index in [1.54, 1.807) is 16.7 Å². The number of methoxy groups -OCH3 is 1. The number of amides is 2. The van der Waals surface area contributed by atoms with E-state index in [1.165, 1.54) is 0 Å². The maximum absolute atomic E-state index is 13.2. The molecular formula is C26H29N5O4. The van der Waals surface area contributed by atoms with Gasteiger partial charge in [0.25, 0.3) is 5.91 Å². The van der Waals surface area contributed by atoms with Crippen molar-refractivity contribution in [1.82, 2.24) is 24.8 Å². The SMILES string of the molecule is COc1ccc(C2Cn3nnc(C(=O)N4CCN(C(=O)CCc5ccccc5)CC4)c3CO2)cc1. The molecule has 2 aliphatic rings. The molecule has 2 amide bonds. The first kappa shape index (κ1) is 23.0. The van der Waals surface area contributed by atoms with E-state index >= 15 is 0 Å². The number of benzene rings is 2. The van der Waals surface area contributed by atoms with Gasteiger partial charge < -0.3 is 19.3 Å². The molecule has 0 bridgehead atoms. The van der Waals surface area contributed by atoms with E-state index in [0.717, 1.165) is 23.3 Å². The Morgan fingerprint density at radius 1 is 1.00 bits per heavy atom. The summed E-state index contributed by atoms with van der Waals surface area (Å²) in [5, 5.41) is 8.42. The van der Waals surface area contributed by atoms with Crippen LogP contribution in [0.3, 0.4) is 0 Å². The molecule has 1 unspecified atom stereocenters. The Morgan fingerprint density at radius 3 is 2.43 bits per heavy atom. The molecule has 35 heavy (non-hydrogen) atoms. The molecule has 2 aliphatic heterocycles. The van der Waals surface area contributed by atoms with E-state index < -0.39 is 0 Å². The molecule has 182 valence electrons. The predicted octanol–water partition coefficient (Wildman–Crippen LogP) is 2.48. The van der Waals surface area contributed by atoms with Crippen LogP contribution in [0.2, 0.25) is 0 Å². The van der Waals surface area contributed by atoms with E-state index in [0.29, 0.717) is 50.5 Å². The standard InChI is InChI=1S/C26H29N5O4/c1-34-21-10-8-20(9-11-21)23-17-31-22(18-35-23)25(27-28-31)26(33)30-15-13-29(14-16-30)24(32)12-7-19-5-3-2-4-6-19/h2-6,8-11,23H,7,12-18H2,1H3. The molecule has 3 aromatic rings. The van der Waals surface area contributed by atoms with Gasteiger partial charge >= 0.3 is 0 Å². The lowest BCUT2D eigenvalue weighted by Gasteiger charge is -2.34. The normalized spacial score (nSPS) is 17.7. The lowest BCUT2D eigenvalue weighted by molar-refractivity contribution is -0.132. The number of carbonyl (C=O) groups excluding carboxylic acids is 2. The second kappa shape index (κ2) is 10.3. The molecule has 1 aromatic heterocycles. The Kier molecular flexibility index (Phi) is 6.76. The molecule has 9 heteroatoms. The summed E-state index contributed by atoms with van der Waals surface area (Å²) in [4.78, 5) is 29.4. The Bertz CT molecular complexity index is 1170.